The van der Waals surface area contributed by atoms with Crippen molar-refractivity contribution in [3.05, 3.63) is 93.7 Å². The van der Waals surface area contributed by atoms with Crippen molar-refractivity contribution < 1.29 is 18.7 Å². The number of nitrogens with one attached hydrogen (secondary N) is 2. The minimum Gasteiger partial charge on any atom is -0.488 e. The molecule has 0 saturated carbocycles. The molecule has 0 spiro atoms. The highest BCUT2D eigenvalue weighted by molar-refractivity contribution is 6.35. The maximum absolute atomic E-state index is 13.6. The van der Waals surface area contributed by atoms with Gasteiger partial charge in [0.1, 0.15) is 18.2 Å². The number of ether oxygens (including phenoxy) is 1. The van der Waals surface area contributed by atoms with E-state index in [-0.39, 0.29) is 25.1 Å². The molecule has 0 bridgehead atoms. The molecule has 0 aliphatic carbocycles. The van der Waals surface area contributed by atoms with Crippen LogP contribution in [-0.4, -0.2) is 18.0 Å². The average molecular weight is 488 g/mol. The summed E-state index contributed by atoms with van der Waals surface area (Å²) in [5, 5.41) is 7.39. The maximum Gasteiger partial charge on any atom is 0.240 e. The van der Waals surface area contributed by atoms with E-state index < -0.39 is 17.6 Å². The van der Waals surface area contributed by atoms with E-state index >= 15 is 0 Å². The predicted octanol–water partition coefficient (Wildman–Crippen LogP) is 5.58. The third-order valence-corrected chi connectivity index (χ3v) is 5.02. The number of halogens is 3. The van der Waals surface area contributed by atoms with Crippen molar-refractivity contribution in [2.75, 3.05) is 5.32 Å². The number of hydrogen-bond acceptors (Lipinski definition) is 4. The second kappa shape index (κ2) is 12.0. The summed E-state index contributed by atoms with van der Waals surface area (Å²) in [5.74, 6) is -0.926. The molecule has 0 fully saturated rings. The van der Waals surface area contributed by atoms with Gasteiger partial charge in [0.25, 0.3) is 0 Å². The second-order valence-corrected chi connectivity index (χ2v) is 7.73. The van der Waals surface area contributed by atoms with E-state index in [1.807, 2.05) is 6.07 Å². The average Bonchev–Trinajstić information content (AvgIpc) is 2.79. The molecule has 6 nitrogen and oxygen atoms in total. The molecule has 0 atom stereocenters. The summed E-state index contributed by atoms with van der Waals surface area (Å²) in [7, 11) is 0. The van der Waals surface area contributed by atoms with E-state index in [4.69, 9.17) is 27.9 Å². The molecule has 3 rings (SSSR count). The summed E-state index contributed by atoms with van der Waals surface area (Å²) in [5.41, 5.74) is 3.84. The minimum atomic E-state index is -0.542. The fourth-order valence-electron chi connectivity index (χ4n) is 2.74. The van der Waals surface area contributed by atoms with Crippen LogP contribution in [0, 0.1) is 5.82 Å². The van der Waals surface area contributed by atoms with Crippen LogP contribution in [0.2, 0.25) is 10.0 Å². The molecule has 0 radical (unpaired) electrons. The Labute approximate surface area is 200 Å². The van der Waals surface area contributed by atoms with Crippen LogP contribution in [-0.2, 0) is 16.2 Å². The first-order valence-electron chi connectivity index (χ1n) is 9.94. The Morgan fingerprint density at radius 1 is 0.970 bits per heavy atom. The van der Waals surface area contributed by atoms with Crippen molar-refractivity contribution in [1.29, 1.82) is 0 Å². The van der Waals surface area contributed by atoms with Crippen molar-refractivity contribution in [3.63, 3.8) is 0 Å². The van der Waals surface area contributed by atoms with Crippen molar-refractivity contribution in [3.8, 4) is 5.75 Å². The van der Waals surface area contributed by atoms with E-state index in [0.717, 1.165) is 5.56 Å². The van der Waals surface area contributed by atoms with Gasteiger partial charge in [-0.3, -0.25) is 9.59 Å². The van der Waals surface area contributed by atoms with Gasteiger partial charge in [0.2, 0.25) is 11.8 Å². The lowest BCUT2D eigenvalue weighted by Crippen LogP contribution is -2.21. The van der Waals surface area contributed by atoms with Crippen molar-refractivity contribution in [1.82, 2.24) is 5.43 Å². The van der Waals surface area contributed by atoms with Gasteiger partial charge in [-0.05, 0) is 36.4 Å². The molecular weight excluding hydrogens is 468 g/mol. The molecule has 33 heavy (non-hydrogen) atoms. The smallest absolute Gasteiger partial charge is 0.240 e. The van der Waals surface area contributed by atoms with Gasteiger partial charge in [-0.1, -0.05) is 53.5 Å². The number of hydrazone groups is 1. The Bertz CT molecular complexity index is 1170. The van der Waals surface area contributed by atoms with Gasteiger partial charge in [-0.15, -0.1) is 0 Å². The molecule has 2 N–H and O–H groups in total. The van der Waals surface area contributed by atoms with Crippen LogP contribution in [0.5, 0.6) is 5.75 Å². The molecule has 3 aromatic carbocycles. The third kappa shape index (κ3) is 7.59. The van der Waals surface area contributed by atoms with Crippen LogP contribution in [0.25, 0.3) is 0 Å². The Kier molecular flexibility index (Phi) is 8.80. The number of nitrogens with zero attached hydrogens (tertiary/aromatic N) is 1. The lowest BCUT2D eigenvalue weighted by Gasteiger charge is -2.10. The molecule has 9 heteroatoms. The number of benzene rings is 3. The lowest BCUT2D eigenvalue weighted by molar-refractivity contribution is -0.124. The number of carbonyl (C=O) groups excluding carboxylic acids is 2. The van der Waals surface area contributed by atoms with Crippen LogP contribution in [0.4, 0.5) is 10.1 Å². The van der Waals surface area contributed by atoms with Crippen molar-refractivity contribution in [2.45, 2.75) is 19.4 Å². The molecule has 0 unspecified atom stereocenters. The van der Waals surface area contributed by atoms with E-state index in [9.17, 15) is 14.0 Å². The van der Waals surface area contributed by atoms with Crippen LogP contribution in [0.1, 0.15) is 24.0 Å². The number of para-hydroxylation sites is 2. The molecule has 0 aliphatic heterocycles. The number of rotatable bonds is 9. The maximum atomic E-state index is 13.6. The Morgan fingerprint density at radius 2 is 1.70 bits per heavy atom. The zero-order valence-electron chi connectivity index (χ0n) is 17.4. The second-order valence-electron chi connectivity index (χ2n) is 6.88. The first-order valence-corrected chi connectivity index (χ1v) is 10.7. The topological polar surface area (TPSA) is 79.8 Å². The van der Waals surface area contributed by atoms with E-state index in [1.165, 1.54) is 24.4 Å². The van der Waals surface area contributed by atoms with Crippen LogP contribution in [0.3, 0.4) is 0 Å². The molecular formula is C24H20Cl2FN3O3. The highest BCUT2D eigenvalue weighted by Gasteiger charge is 2.09. The Morgan fingerprint density at radius 3 is 2.48 bits per heavy atom. The van der Waals surface area contributed by atoms with Gasteiger partial charge in [0.05, 0.1) is 11.9 Å². The number of carbonyl (C=O) groups is 2. The Balaban J connectivity index is 1.49. The van der Waals surface area contributed by atoms with Gasteiger partial charge >= 0.3 is 0 Å². The van der Waals surface area contributed by atoms with Gasteiger partial charge in [-0.2, -0.15) is 5.10 Å². The van der Waals surface area contributed by atoms with E-state index in [0.29, 0.717) is 21.4 Å². The van der Waals surface area contributed by atoms with Crippen LogP contribution in [0.15, 0.2) is 71.8 Å². The lowest BCUT2D eigenvalue weighted by atomic mass is 10.2. The van der Waals surface area contributed by atoms with Gasteiger partial charge in [-0.25, -0.2) is 9.82 Å². The molecule has 0 heterocycles. The fourth-order valence-corrected chi connectivity index (χ4v) is 3.21. The molecule has 170 valence electrons. The Hall–Kier alpha value is -3.42. The van der Waals surface area contributed by atoms with Crippen molar-refractivity contribution >= 4 is 46.9 Å². The SMILES string of the molecule is O=C(CCC(=O)Nc1ccccc1F)NN=Cc1ccccc1OCc1ccc(Cl)cc1Cl. The first-order chi connectivity index (χ1) is 15.9. The zero-order valence-corrected chi connectivity index (χ0v) is 18.9. The summed E-state index contributed by atoms with van der Waals surface area (Å²) in [4.78, 5) is 23.9. The van der Waals surface area contributed by atoms with Gasteiger partial charge < -0.3 is 10.1 Å². The quantitative estimate of drug-likeness (QED) is 0.305. The molecule has 0 aromatic heterocycles. The molecule has 2 amide bonds. The predicted molar refractivity (Wildman–Crippen MR) is 127 cm³/mol. The van der Waals surface area contributed by atoms with Gasteiger partial charge in [0.15, 0.2) is 0 Å². The number of amides is 2. The standard InChI is InChI=1S/C24H20Cl2FN3O3/c25-18-10-9-17(19(26)13-18)15-33-22-8-4-1-5-16(22)14-28-30-24(32)12-11-23(31)29-21-7-3-2-6-20(21)27/h1-10,13-14H,11-12,15H2,(H,29,31)(H,30,32). The van der Waals surface area contributed by atoms with E-state index in [2.05, 4.69) is 15.8 Å². The number of anilines is 1. The van der Waals surface area contributed by atoms with Crippen molar-refractivity contribution in [2.24, 2.45) is 5.10 Å². The summed E-state index contributed by atoms with van der Waals surface area (Å²) >= 11 is 12.1. The summed E-state index contributed by atoms with van der Waals surface area (Å²) in [6, 6.07) is 18.1. The van der Waals surface area contributed by atoms with Crippen LogP contribution >= 0.6 is 23.2 Å². The first kappa shape index (κ1) is 24.2. The summed E-state index contributed by atoms with van der Waals surface area (Å²) in [6.45, 7) is 0.227. The molecule has 0 saturated heterocycles. The number of hydrogen-bond donors (Lipinski definition) is 2. The molecule has 0 aliphatic rings. The van der Waals surface area contributed by atoms with Gasteiger partial charge in [0, 0.05) is 34.0 Å². The molecule has 3 aromatic rings. The third-order valence-electron chi connectivity index (χ3n) is 4.44. The summed E-state index contributed by atoms with van der Waals surface area (Å²) < 4.78 is 19.4. The highest BCUT2D eigenvalue weighted by Crippen LogP contribution is 2.24. The fraction of sp³-hybridized carbons (Fsp3) is 0.125. The van der Waals surface area contributed by atoms with Crippen LogP contribution < -0.4 is 15.5 Å². The highest BCUT2D eigenvalue weighted by atomic mass is 35.5. The van der Waals surface area contributed by atoms with E-state index in [1.54, 1.807) is 42.5 Å². The monoisotopic (exact) mass is 487 g/mol. The zero-order chi connectivity index (χ0) is 23.6. The summed E-state index contributed by atoms with van der Waals surface area (Å²) in [6.07, 6.45) is 1.22. The normalized spacial score (nSPS) is 10.8. The minimum absolute atomic E-state index is 0.0671. The largest absolute Gasteiger partial charge is 0.488 e.